The topological polar surface area (TPSA) is 84.9 Å². The van der Waals surface area contributed by atoms with Gasteiger partial charge in [-0.2, -0.15) is 0 Å². The van der Waals surface area contributed by atoms with Crippen LogP contribution >= 0.6 is 0 Å². The minimum atomic E-state index is -1.06. The molecule has 1 aromatic carbocycles. The first-order valence-corrected chi connectivity index (χ1v) is 6.79. The number of carboxylic acids is 1. The molecule has 0 aliphatic carbocycles. The lowest BCUT2D eigenvalue weighted by Crippen LogP contribution is -2.40. The highest BCUT2D eigenvalue weighted by atomic mass is 16.5. The maximum absolute atomic E-state index is 10.9. The van der Waals surface area contributed by atoms with Crippen LogP contribution in [0.4, 0.5) is 0 Å². The maximum Gasteiger partial charge on any atom is 0.326 e. The normalized spacial score (nSPS) is 11.9. The van der Waals surface area contributed by atoms with Gasteiger partial charge in [-0.15, -0.1) is 0 Å². The molecule has 2 N–H and O–H groups in total. The highest BCUT2D eigenvalue weighted by Gasteiger charge is 2.17. The molecule has 1 atom stereocenters. The number of ether oxygens (including phenoxy) is 2. The number of amides is 1. The summed E-state index contributed by atoms with van der Waals surface area (Å²) in [6, 6.07) is 8.89. The van der Waals surface area contributed by atoms with Gasteiger partial charge >= 0.3 is 5.97 Å². The summed E-state index contributed by atoms with van der Waals surface area (Å²) >= 11 is 0. The van der Waals surface area contributed by atoms with Crippen LogP contribution in [0.5, 0.6) is 0 Å². The largest absolute Gasteiger partial charge is 0.480 e. The third-order valence-corrected chi connectivity index (χ3v) is 2.71. The van der Waals surface area contributed by atoms with Crippen molar-refractivity contribution < 1.29 is 24.2 Å². The summed E-state index contributed by atoms with van der Waals surface area (Å²) in [7, 11) is 0. The highest BCUT2D eigenvalue weighted by Crippen LogP contribution is 2.00. The summed E-state index contributed by atoms with van der Waals surface area (Å²) in [4.78, 5) is 21.7. The van der Waals surface area contributed by atoms with Crippen LogP contribution in [0, 0.1) is 0 Å². The fourth-order valence-electron chi connectivity index (χ4n) is 1.69. The Hall–Kier alpha value is -1.92. The molecule has 0 radical (unpaired) electrons. The molecular formula is C15H21NO5. The fourth-order valence-corrected chi connectivity index (χ4v) is 1.69. The second kappa shape index (κ2) is 9.90. The van der Waals surface area contributed by atoms with Crippen LogP contribution in [0.2, 0.25) is 0 Å². The Balaban J connectivity index is 2.05. The van der Waals surface area contributed by atoms with E-state index in [-0.39, 0.29) is 18.9 Å². The van der Waals surface area contributed by atoms with Gasteiger partial charge in [0, 0.05) is 20.0 Å². The minimum Gasteiger partial charge on any atom is -0.480 e. The summed E-state index contributed by atoms with van der Waals surface area (Å²) in [6.07, 6.45) is 0.230. The van der Waals surface area contributed by atoms with E-state index in [1.807, 2.05) is 30.3 Å². The average Bonchev–Trinajstić information content (AvgIpc) is 2.45. The molecule has 6 nitrogen and oxygen atoms in total. The Labute approximate surface area is 124 Å². The van der Waals surface area contributed by atoms with E-state index in [0.717, 1.165) is 5.56 Å². The summed E-state index contributed by atoms with van der Waals surface area (Å²) < 4.78 is 10.7. The van der Waals surface area contributed by atoms with E-state index in [1.165, 1.54) is 6.92 Å². The molecule has 0 saturated heterocycles. The van der Waals surface area contributed by atoms with Crippen LogP contribution in [0.25, 0.3) is 0 Å². The number of nitrogens with one attached hydrogen (secondary N) is 1. The lowest BCUT2D eigenvalue weighted by molar-refractivity contribution is -0.142. The number of aliphatic carboxylic acids is 1. The van der Waals surface area contributed by atoms with Crippen LogP contribution in [-0.4, -0.2) is 42.8 Å². The Morgan fingerprint density at radius 3 is 2.43 bits per heavy atom. The number of hydrogen-bond acceptors (Lipinski definition) is 4. The number of carboxylic acid groups (broad SMARTS) is 1. The van der Waals surface area contributed by atoms with Crippen molar-refractivity contribution >= 4 is 11.9 Å². The Kier molecular flexibility index (Phi) is 8.08. The van der Waals surface area contributed by atoms with Gasteiger partial charge in [-0.3, -0.25) is 4.79 Å². The molecule has 0 aliphatic heterocycles. The van der Waals surface area contributed by atoms with Gasteiger partial charge in [0.05, 0.1) is 19.8 Å². The standard InChI is InChI=1S/C15H21NO5/c1-12(17)16-14(15(18)19)7-8-20-9-10-21-11-13-5-3-2-4-6-13/h2-6,14H,7-11H2,1H3,(H,16,17)(H,18,19). The molecule has 1 unspecified atom stereocenters. The summed E-state index contributed by atoms with van der Waals surface area (Å²) in [5.41, 5.74) is 1.09. The molecule has 0 bridgehead atoms. The van der Waals surface area contributed by atoms with Gasteiger partial charge in [-0.1, -0.05) is 30.3 Å². The van der Waals surface area contributed by atoms with Crippen LogP contribution in [0.3, 0.4) is 0 Å². The van der Waals surface area contributed by atoms with E-state index in [0.29, 0.717) is 19.8 Å². The van der Waals surface area contributed by atoms with Crippen LogP contribution < -0.4 is 5.32 Å². The molecule has 1 aromatic rings. The molecule has 6 heteroatoms. The number of carbonyl (C=O) groups excluding carboxylic acids is 1. The van der Waals surface area contributed by atoms with Crippen molar-refractivity contribution in [1.29, 1.82) is 0 Å². The molecule has 1 rings (SSSR count). The van der Waals surface area contributed by atoms with Gasteiger partial charge < -0.3 is 19.9 Å². The first-order chi connectivity index (χ1) is 10.1. The molecule has 0 aliphatic rings. The minimum absolute atomic E-state index is 0.230. The zero-order chi connectivity index (χ0) is 15.5. The second-order valence-electron chi connectivity index (χ2n) is 4.53. The smallest absolute Gasteiger partial charge is 0.326 e. The molecule has 0 aromatic heterocycles. The molecule has 0 saturated carbocycles. The Bertz CT molecular complexity index is 435. The van der Waals surface area contributed by atoms with Crippen LogP contribution in [0.1, 0.15) is 18.9 Å². The number of carbonyl (C=O) groups is 2. The zero-order valence-electron chi connectivity index (χ0n) is 12.1. The zero-order valence-corrected chi connectivity index (χ0v) is 12.1. The van der Waals surface area contributed by atoms with Gasteiger partial charge in [-0.25, -0.2) is 4.79 Å². The SMILES string of the molecule is CC(=O)NC(CCOCCOCc1ccccc1)C(=O)O. The van der Waals surface area contributed by atoms with Gasteiger partial charge in [0.25, 0.3) is 0 Å². The molecule has 21 heavy (non-hydrogen) atoms. The third-order valence-electron chi connectivity index (χ3n) is 2.71. The van der Waals surface area contributed by atoms with Gasteiger partial charge in [0.1, 0.15) is 6.04 Å². The average molecular weight is 295 g/mol. The third kappa shape index (κ3) is 8.06. The van der Waals surface area contributed by atoms with Crippen LogP contribution in [0.15, 0.2) is 30.3 Å². The van der Waals surface area contributed by atoms with Crippen molar-refractivity contribution in [2.24, 2.45) is 0 Å². The van der Waals surface area contributed by atoms with Crippen molar-refractivity contribution in [2.45, 2.75) is 26.0 Å². The first kappa shape index (κ1) is 17.1. The van der Waals surface area contributed by atoms with Crippen molar-refractivity contribution in [3.8, 4) is 0 Å². The predicted octanol–water partition coefficient (Wildman–Crippen LogP) is 1.20. The molecule has 0 heterocycles. The molecule has 1 amide bonds. The summed E-state index contributed by atoms with van der Waals surface area (Å²) in [6.45, 7) is 2.89. The van der Waals surface area contributed by atoms with E-state index in [2.05, 4.69) is 5.32 Å². The molecule has 116 valence electrons. The molecule has 0 fully saturated rings. The quantitative estimate of drug-likeness (QED) is 0.634. The van der Waals surface area contributed by atoms with Crippen molar-refractivity contribution in [3.63, 3.8) is 0 Å². The van der Waals surface area contributed by atoms with Crippen molar-refractivity contribution in [3.05, 3.63) is 35.9 Å². The van der Waals surface area contributed by atoms with E-state index in [4.69, 9.17) is 14.6 Å². The van der Waals surface area contributed by atoms with Crippen molar-refractivity contribution in [1.82, 2.24) is 5.32 Å². The number of hydrogen-bond donors (Lipinski definition) is 2. The lowest BCUT2D eigenvalue weighted by atomic mass is 10.2. The Morgan fingerprint density at radius 1 is 1.14 bits per heavy atom. The van der Waals surface area contributed by atoms with E-state index >= 15 is 0 Å². The number of rotatable bonds is 10. The first-order valence-electron chi connectivity index (χ1n) is 6.79. The van der Waals surface area contributed by atoms with Crippen LogP contribution in [-0.2, 0) is 25.7 Å². The van der Waals surface area contributed by atoms with Gasteiger partial charge in [0.15, 0.2) is 0 Å². The van der Waals surface area contributed by atoms with Gasteiger partial charge in [-0.05, 0) is 5.56 Å². The fraction of sp³-hybridized carbons (Fsp3) is 0.467. The van der Waals surface area contributed by atoms with E-state index < -0.39 is 12.0 Å². The predicted molar refractivity (Wildman–Crippen MR) is 76.8 cm³/mol. The van der Waals surface area contributed by atoms with Crippen molar-refractivity contribution in [2.75, 3.05) is 19.8 Å². The summed E-state index contributed by atoms with van der Waals surface area (Å²) in [5, 5.41) is 11.2. The molecular weight excluding hydrogens is 274 g/mol. The van der Waals surface area contributed by atoms with E-state index in [9.17, 15) is 9.59 Å². The van der Waals surface area contributed by atoms with E-state index in [1.54, 1.807) is 0 Å². The number of benzene rings is 1. The monoisotopic (exact) mass is 295 g/mol. The lowest BCUT2D eigenvalue weighted by Gasteiger charge is -2.13. The molecule has 0 spiro atoms. The summed E-state index contributed by atoms with van der Waals surface area (Å²) in [5.74, 6) is -1.43. The maximum atomic E-state index is 10.9. The highest BCUT2D eigenvalue weighted by molar-refractivity contribution is 5.81. The second-order valence-corrected chi connectivity index (χ2v) is 4.53. The Morgan fingerprint density at radius 2 is 1.81 bits per heavy atom. The van der Waals surface area contributed by atoms with Gasteiger partial charge in [0.2, 0.25) is 5.91 Å².